The number of carboxylic acids is 4. The van der Waals surface area contributed by atoms with Crippen molar-refractivity contribution in [1.29, 1.82) is 0 Å². The van der Waals surface area contributed by atoms with Gasteiger partial charge in [0.1, 0.15) is 17.1 Å². The normalized spacial score (nSPS) is 17.8. The minimum atomic E-state index is -1.17. The number of pyridine rings is 8. The van der Waals surface area contributed by atoms with E-state index < -0.39 is 53.4 Å². The Balaban J connectivity index is 0.000000400. The molecule has 42 nitrogen and oxygen atoms in total. The molecule has 0 spiro atoms. The summed E-state index contributed by atoms with van der Waals surface area (Å²) >= 11 is 0. The molecule has 5 amide bonds. The van der Waals surface area contributed by atoms with Crippen LogP contribution >= 0.6 is 0 Å². The lowest BCUT2D eigenvalue weighted by Gasteiger charge is -2.41. The first-order valence-corrected chi connectivity index (χ1v) is 49.2. The van der Waals surface area contributed by atoms with Gasteiger partial charge in [-0.2, -0.15) is 0 Å². The lowest BCUT2D eigenvalue weighted by Crippen LogP contribution is -2.55. The fraction of sp³-hybridized carbons (Fsp3) is 0.457. The summed E-state index contributed by atoms with van der Waals surface area (Å²) in [5.74, 6) is -3.41. The zero-order valence-electron chi connectivity index (χ0n) is 86.5. The lowest BCUT2D eigenvalue weighted by atomic mass is 9.89. The van der Waals surface area contributed by atoms with Crippen molar-refractivity contribution < 1.29 is 68.3 Å². The molecule has 0 aliphatic carbocycles. The van der Waals surface area contributed by atoms with Gasteiger partial charge in [-0.3, -0.25) is 78.6 Å². The van der Waals surface area contributed by atoms with Gasteiger partial charge in [0.2, 0.25) is 17.7 Å². The summed E-state index contributed by atoms with van der Waals surface area (Å²) in [7, 11) is 13.0. The van der Waals surface area contributed by atoms with E-state index in [2.05, 4.69) is 171 Å². The van der Waals surface area contributed by atoms with Crippen LogP contribution in [0.2, 0.25) is 0 Å². The number of carbonyl (C=O) groups is 9. The van der Waals surface area contributed by atoms with Crippen LogP contribution in [0.5, 0.6) is 0 Å². The van der Waals surface area contributed by atoms with Crippen LogP contribution in [0.15, 0.2) is 239 Å². The maximum atomic E-state index is 10.4. The Labute approximate surface area is 865 Å². The molecule has 0 atom stereocenters. The first-order chi connectivity index (χ1) is 70.8. The number of piperidine rings is 6. The van der Waals surface area contributed by atoms with E-state index in [4.69, 9.17) is 48.7 Å². The average molecular weight is 2030 g/mol. The number of nitrogens with zero attached hydrogens (tertiary/aromatic N) is 21. The molecule has 0 saturated carbocycles. The Bertz CT molecular complexity index is 4100. The number of carboxylic acid groups (broad SMARTS) is 4. The molecule has 10 aromatic rings. The maximum absolute atomic E-state index is 10.4. The van der Waals surface area contributed by atoms with Crippen LogP contribution in [-0.4, -0.2) is 392 Å². The van der Waals surface area contributed by atoms with Gasteiger partial charge in [-0.1, -0.05) is 38.5 Å². The Hall–Kier alpha value is -13.9. The maximum Gasteiger partial charge on any atom is 0.356 e. The summed E-state index contributed by atoms with van der Waals surface area (Å²) in [5.41, 5.74) is 27.0. The number of aromatic carboxylic acids is 4. The van der Waals surface area contributed by atoms with Gasteiger partial charge in [0, 0.05) is 233 Å². The number of fused-ring (bicyclic) bond motifs is 6. The van der Waals surface area contributed by atoms with Crippen LogP contribution in [0.4, 0.5) is 0 Å². The van der Waals surface area contributed by atoms with Crippen LogP contribution in [0.3, 0.4) is 0 Å². The van der Waals surface area contributed by atoms with Gasteiger partial charge in [0.15, 0.2) is 5.69 Å². The third-order valence-electron chi connectivity index (χ3n) is 22.9. The van der Waals surface area contributed by atoms with Crippen molar-refractivity contribution in [2.24, 2.45) is 46.4 Å². The third-order valence-corrected chi connectivity index (χ3v) is 22.9. The van der Waals surface area contributed by atoms with E-state index in [1.54, 1.807) is 91.4 Å². The second-order valence-corrected chi connectivity index (χ2v) is 35.0. The first-order valence-electron chi connectivity index (χ1n) is 49.2. The van der Waals surface area contributed by atoms with Crippen LogP contribution < -0.4 is 44.4 Å². The number of amides is 5. The SMILES string of the molecule is C1CN2CCC1CC2.C1CN2CCN1CC2.CC1CCN(C)CC1.CC1CCNCC1.CN1CCCCC1.CN1CCN(C)CC1.CN1CCNCC1.CN1CCOCC1.NC(=O)c1ccccn1.NC(=O)c1cccnc1.NC(=O)c1ccncc1.NC(=O)c1ccncc1.NC(=O)c1cnccn1.O=C(O)c1ccccn1.O=C(O)c1cccnc1.O=C(O)c1cnccn1.O=C([O-])c1ccncc1.c1ccncc1. The highest BCUT2D eigenvalue weighted by Crippen LogP contribution is 2.26. The molecule has 42 heteroatoms. The van der Waals surface area contributed by atoms with Crippen molar-refractivity contribution in [2.75, 3.05) is 219 Å². The van der Waals surface area contributed by atoms with Gasteiger partial charge in [-0.15, -0.1) is 0 Å². The summed E-state index contributed by atoms with van der Waals surface area (Å²) in [6.45, 7) is 38.2. The molecule has 12 aliphatic rings. The highest BCUT2D eigenvalue weighted by atomic mass is 16.5. The highest BCUT2D eigenvalue weighted by Gasteiger charge is 2.25. The number of nitrogens with two attached hydrogens (primary N) is 5. The van der Waals surface area contributed by atoms with Crippen molar-refractivity contribution in [2.45, 2.75) is 78.1 Å². The molecule has 0 aromatic carbocycles. The van der Waals surface area contributed by atoms with Gasteiger partial charge in [0.25, 0.3) is 11.8 Å². The molecular weight excluding hydrogens is 1880 g/mol. The van der Waals surface area contributed by atoms with E-state index in [-0.39, 0.29) is 28.2 Å². The monoisotopic (exact) mass is 2030 g/mol. The molecule has 800 valence electrons. The molecule has 12 fully saturated rings. The van der Waals surface area contributed by atoms with E-state index in [9.17, 15) is 48.3 Å². The van der Waals surface area contributed by atoms with Gasteiger partial charge in [-0.25, -0.2) is 29.3 Å². The minimum Gasteiger partial charge on any atom is -0.545 e. The summed E-state index contributed by atoms with van der Waals surface area (Å²) in [5, 5.41) is 41.6. The Morgan fingerprint density at radius 1 is 0.286 bits per heavy atom. The highest BCUT2D eigenvalue weighted by molar-refractivity contribution is 5.94. The van der Waals surface area contributed by atoms with E-state index in [1.165, 1.54) is 331 Å². The Morgan fingerprint density at radius 3 is 0.850 bits per heavy atom. The predicted molar refractivity (Wildman–Crippen MR) is 565 cm³/mol. The van der Waals surface area contributed by atoms with E-state index in [1.807, 2.05) is 18.2 Å². The topological polar surface area (TPSA) is 585 Å². The number of morpholine rings is 1. The standard InChI is InChI=1S/C7H13N.C7H15N.4C6H6N2O.C6H12N2.C6H14N2.3C6H5NO2.2C6H13N.C5H5N3O.C5H4N2O2.C5H12N2.C5H11NO.C5H5N/c1-4-8-5-2-7(1)3-6-8;1-7-3-5-8(2)6-4-7;2*7-6(9)5-1-3-8-4-2-5;7-6(9)5-2-1-3-8-4-5;7-6(9)5-3-1-2-4-8-5;1-2-8-5-3-7(1)4-6-8;1-7-3-5-8(2)6-4-7;8-6(9)5-1-3-7-4-2-5;8-6(9)5-2-1-3-7-4-5;8-6(9)5-3-1-2-4-7-5;1-6-2-4-7-5-3-6;1-7-5-3-2-4-6-7;6-5(9)4-3-7-1-2-8-4;8-5(9)4-3-6-1-2-7-4;1-7-4-2-6-3-5-7;1-6-2-4-7-5-3-6;1-2-4-6-5-3-1/h7H,1-6H2;7H,3-6H2,1-2H3;4*1-4H,(H2,7,9);1-6H2;3-6H2,1-2H3;3*1-4H,(H,8,9);6-7H,2-5H2,1H3;2-6H2,1H3;1-3H,(H2,6,9);1-3H,(H,8,9);6H,2-5H2,1H3;2-5H2,1H3;1-5H/p-1. The van der Waals surface area contributed by atoms with E-state index >= 15 is 0 Å². The number of likely N-dealkylation sites (N-methyl/N-ethyl adjacent to an activating group) is 4. The van der Waals surface area contributed by atoms with Gasteiger partial charge >= 0.3 is 17.9 Å². The number of nitrogens with one attached hydrogen (secondary N) is 2. The third kappa shape index (κ3) is 67.4. The van der Waals surface area contributed by atoms with Crippen molar-refractivity contribution in [3.05, 3.63) is 290 Å². The smallest absolute Gasteiger partial charge is 0.356 e. The number of likely N-dealkylation sites (tertiary alicyclic amines) is 2. The number of hydrogen-bond donors (Lipinski definition) is 10. The van der Waals surface area contributed by atoms with Gasteiger partial charge in [-0.05, 0) is 274 Å². The molecule has 12 aliphatic heterocycles. The van der Waals surface area contributed by atoms with E-state index in [0.717, 1.165) is 57.1 Å². The molecule has 15 N–H and O–H groups in total. The lowest BCUT2D eigenvalue weighted by molar-refractivity contribution is -0.255. The van der Waals surface area contributed by atoms with Crippen LogP contribution in [0.25, 0.3) is 0 Å². The molecule has 0 unspecified atom stereocenters. The molecule has 12 saturated heterocycles. The number of aromatic nitrogens is 12. The van der Waals surface area contributed by atoms with Crippen LogP contribution in [-0.2, 0) is 4.74 Å². The second kappa shape index (κ2) is 81.3. The average Bonchev–Trinajstić information content (AvgIpc) is 0.868. The summed E-state index contributed by atoms with van der Waals surface area (Å²) in [6.07, 6.45) is 43.7. The summed E-state index contributed by atoms with van der Waals surface area (Å²) < 4.78 is 5.10. The number of ether oxygens (including phenoxy) is 1. The number of hydrogen-bond acceptors (Lipinski definition) is 34. The fourth-order valence-corrected chi connectivity index (χ4v) is 13.5. The fourth-order valence-electron chi connectivity index (χ4n) is 13.5. The number of carbonyl (C=O) groups excluding carboxylic acids is 6. The number of rotatable bonds is 9. The van der Waals surface area contributed by atoms with Crippen molar-refractivity contribution >= 4 is 53.4 Å². The largest absolute Gasteiger partial charge is 0.545 e. The number of primary amides is 5. The Morgan fingerprint density at radius 2 is 0.633 bits per heavy atom. The second-order valence-electron chi connectivity index (χ2n) is 35.0. The molecule has 22 rings (SSSR count). The molecule has 10 aromatic heterocycles. The van der Waals surface area contributed by atoms with E-state index in [0.29, 0.717) is 22.4 Å². The minimum absolute atomic E-state index is 0.0301. The summed E-state index contributed by atoms with van der Waals surface area (Å²) in [6, 6.07) is 30.9. The zero-order chi connectivity index (χ0) is 108. The molecule has 22 heterocycles. The molecular formula is C105H155N28O14-. The van der Waals surface area contributed by atoms with Crippen LogP contribution in [0.1, 0.15) is 172 Å². The van der Waals surface area contributed by atoms with Crippen molar-refractivity contribution in [3.8, 4) is 0 Å². The predicted octanol–water partition coefficient (Wildman–Crippen LogP) is 6.07. The first kappa shape index (κ1) is 127. The molecule has 147 heavy (non-hydrogen) atoms. The Kier molecular flexibility index (Phi) is 70.4. The van der Waals surface area contributed by atoms with Crippen LogP contribution in [0, 0.1) is 17.8 Å². The summed E-state index contributed by atoms with van der Waals surface area (Å²) in [4.78, 5) is 158. The number of piperazine rings is 5. The van der Waals surface area contributed by atoms with Crippen molar-refractivity contribution in [3.63, 3.8) is 0 Å². The van der Waals surface area contributed by atoms with Gasteiger partial charge in [0.05, 0.1) is 42.7 Å². The van der Waals surface area contributed by atoms with Gasteiger partial charge < -0.3 is 104 Å². The quantitative estimate of drug-likeness (QED) is 0.0784. The zero-order valence-corrected chi connectivity index (χ0v) is 86.5. The van der Waals surface area contributed by atoms with Crippen molar-refractivity contribution in [1.82, 2.24) is 115 Å². The molecule has 0 radical (unpaired) electrons. The molecule has 4 bridgehead atoms.